The summed E-state index contributed by atoms with van der Waals surface area (Å²) in [5.74, 6) is -4.18. The number of para-hydroxylation sites is 1. The van der Waals surface area contributed by atoms with Gasteiger partial charge in [0.1, 0.15) is 30.0 Å². The Labute approximate surface area is 330 Å². The maximum absolute atomic E-state index is 14.1. The van der Waals surface area contributed by atoms with Crippen LogP contribution in [0, 0.1) is 5.82 Å². The Balaban J connectivity index is 1.34. The van der Waals surface area contributed by atoms with E-state index < -0.39 is 95.4 Å². The summed E-state index contributed by atoms with van der Waals surface area (Å²) in [6.07, 6.45) is -0.760. The first-order valence-corrected chi connectivity index (χ1v) is 18.4. The second-order valence-electron chi connectivity index (χ2n) is 14.1. The number of aliphatic hydroxyl groups excluding tert-OH is 1. The van der Waals surface area contributed by atoms with Gasteiger partial charge in [0.15, 0.2) is 6.23 Å². The van der Waals surface area contributed by atoms with Crippen LogP contribution in [-0.4, -0.2) is 115 Å². The summed E-state index contributed by atoms with van der Waals surface area (Å²) < 4.78 is 20.6. The molecule has 4 aromatic rings. The fourth-order valence-corrected chi connectivity index (χ4v) is 6.61. The molecule has 1 saturated heterocycles. The summed E-state index contributed by atoms with van der Waals surface area (Å²) in [6, 6.07) is 5.95. The largest absolute Gasteiger partial charge is 0.480 e. The van der Waals surface area contributed by atoms with Crippen LogP contribution in [0.15, 0.2) is 76.6 Å². The quantitative estimate of drug-likeness (QED) is 0.0676. The second-order valence-corrected chi connectivity index (χ2v) is 14.1. The van der Waals surface area contributed by atoms with Crippen LogP contribution >= 0.6 is 0 Å². The van der Waals surface area contributed by atoms with Crippen molar-refractivity contribution in [2.75, 3.05) is 13.6 Å². The number of aliphatic hydroxyl groups is 1. The van der Waals surface area contributed by atoms with E-state index >= 15 is 0 Å². The zero-order valence-corrected chi connectivity index (χ0v) is 31.8. The summed E-state index contributed by atoms with van der Waals surface area (Å²) in [5.41, 5.74) is 6.16. The number of carboxylic acid groups (broad SMARTS) is 1. The van der Waals surface area contributed by atoms with E-state index in [4.69, 9.17) is 10.5 Å². The number of nitrogens with zero attached hydrogens (tertiary/aromatic N) is 2. The van der Waals surface area contributed by atoms with E-state index in [1.165, 1.54) is 37.9 Å². The van der Waals surface area contributed by atoms with Gasteiger partial charge in [-0.15, -0.1) is 0 Å². The third kappa shape index (κ3) is 10.5. The van der Waals surface area contributed by atoms with Crippen molar-refractivity contribution in [1.82, 2.24) is 40.7 Å². The number of urea groups is 1. The Morgan fingerprint density at radius 1 is 0.983 bits per heavy atom. The lowest BCUT2D eigenvalue weighted by Gasteiger charge is -2.34. The molecule has 5 amide bonds. The fraction of sp³-hybridized carbons (Fsp3) is 0.395. The van der Waals surface area contributed by atoms with Crippen LogP contribution in [0.5, 0.6) is 0 Å². The third-order valence-corrected chi connectivity index (χ3v) is 9.88. The van der Waals surface area contributed by atoms with Crippen LogP contribution in [0.25, 0.3) is 10.9 Å². The number of hydrogen-bond donors (Lipinski definition) is 9. The molecule has 3 heterocycles. The minimum atomic E-state index is -1.49. The number of aromatic nitrogens is 3. The maximum Gasteiger partial charge on any atom is 0.330 e. The van der Waals surface area contributed by atoms with Crippen molar-refractivity contribution in [2.24, 2.45) is 5.73 Å². The van der Waals surface area contributed by atoms with E-state index in [1.807, 2.05) is 12.1 Å². The fourth-order valence-electron chi connectivity index (χ4n) is 6.61. The standard InChI is InChI=1S/C38H46FN9O10/c1-19(40)34(53)47(3)20(2)31(33(52)42-18-24-16-29(49)35(58-24)48-13-12-30(50)45-38(48)57)46-32(51)27(14-21-8-10-23(39)11-9-21)43-37(56)44-28(36(54)55)15-22-17-41-26-7-5-4-6-25(22)26/h4-13,17,19-20,24,27-29,31,35,41,49H,14-16,18,40H2,1-3H3,(H,42,52)(H,46,51)(H,54,55)(H2,43,44,56)(H,45,50,57)/t19-,20+,24-,27-,28+,29-,31+,35-/m1/s1. The summed E-state index contributed by atoms with van der Waals surface area (Å²) in [5, 5.41) is 31.5. The summed E-state index contributed by atoms with van der Waals surface area (Å²) in [6.45, 7) is 2.70. The van der Waals surface area contributed by atoms with Gasteiger partial charge in [0.2, 0.25) is 17.7 Å². The highest BCUT2D eigenvalue weighted by atomic mass is 19.1. The van der Waals surface area contributed by atoms with Crippen molar-refractivity contribution in [1.29, 1.82) is 0 Å². The Morgan fingerprint density at radius 3 is 2.34 bits per heavy atom. The van der Waals surface area contributed by atoms with Gasteiger partial charge in [-0.05, 0) is 43.2 Å². The molecular formula is C38H46FN9O10. The van der Waals surface area contributed by atoms with Crippen LogP contribution in [0.2, 0.25) is 0 Å². The number of ether oxygens (including phenoxy) is 1. The van der Waals surface area contributed by atoms with Gasteiger partial charge >= 0.3 is 17.7 Å². The number of hydrogen-bond acceptors (Lipinski definition) is 10. The molecule has 20 heteroatoms. The Kier molecular flexibility index (Phi) is 13.8. The first kappa shape index (κ1) is 42.8. The molecule has 2 aromatic heterocycles. The van der Waals surface area contributed by atoms with Crippen molar-refractivity contribution < 1.29 is 43.3 Å². The van der Waals surface area contributed by atoms with E-state index in [2.05, 4.69) is 31.2 Å². The SMILES string of the molecule is C[C@@H](N)C(=O)N(C)[C@@H](C)[C@H](NC(=O)[C@@H](Cc1ccc(F)cc1)NC(=O)N[C@@H](Cc1c[nH]c2ccccc12)C(=O)O)C(=O)NC[C@H]1C[C@@H](O)[C@H](n2ccc(=O)[nH]c2=O)O1. The number of amides is 5. The number of aliphatic carboxylic acids is 1. The summed E-state index contributed by atoms with van der Waals surface area (Å²) >= 11 is 0. The van der Waals surface area contributed by atoms with Crippen molar-refractivity contribution in [2.45, 2.75) is 81.8 Å². The molecule has 0 unspecified atom stereocenters. The molecule has 0 saturated carbocycles. The van der Waals surface area contributed by atoms with Crippen molar-refractivity contribution >= 4 is 40.6 Å². The van der Waals surface area contributed by atoms with Gasteiger partial charge in [0.25, 0.3) is 5.56 Å². The second kappa shape index (κ2) is 18.7. The molecule has 0 bridgehead atoms. The molecule has 1 aliphatic rings. The van der Waals surface area contributed by atoms with Gasteiger partial charge < -0.3 is 51.8 Å². The Morgan fingerprint density at radius 2 is 1.67 bits per heavy atom. The van der Waals surface area contributed by atoms with Crippen LogP contribution in [-0.2, 0) is 36.8 Å². The predicted molar refractivity (Wildman–Crippen MR) is 206 cm³/mol. The first-order chi connectivity index (χ1) is 27.5. The highest BCUT2D eigenvalue weighted by molar-refractivity contribution is 5.94. The molecule has 0 radical (unpaired) electrons. The monoisotopic (exact) mass is 807 g/mol. The summed E-state index contributed by atoms with van der Waals surface area (Å²) in [7, 11) is 1.38. The molecular weight excluding hydrogens is 761 g/mol. The van der Waals surface area contributed by atoms with Crippen molar-refractivity contribution in [3.05, 3.63) is 105 Å². The number of carbonyl (C=O) groups is 5. The number of likely N-dealkylation sites (N-methyl/N-ethyl adjacent to an activating group) is 1. The van der Waals surface area contributed by atoms with Crippen molar-refractivity contribution in [3.63, 3.8) is 0 Å². The Hall–Kier alpha value is -6.38. The summed E-state index contributed by atoms with van der Waals surface area (Å²) in [4.78, 5) is 96.8. The molecule has 0 aliphatic carbocycles. The highest BCUT2D eigenvalue weighted by Gasteiger charge is 2.38. The number of nitrogens with two attached hydrogens (primary N) is 1. The van der Waals surface area contributed by atoms with E-state index in [-0.39, 0.29) is 25.8 Å². The number of aromatic amines is 2. The number of halogens is 1. The lowest BCUT2D eigenvalue weighted by Crippen LogP contribution is -2.63. The highest BCUT2D eigenvalue weighted by Crippen LogP contribution is 2.27. The molecule has 0 spiro atoms. The zero-order valence-electron chi connectivity index (χ0n) is 31.8. The van der Waals surface area contributed by atoms with Gasteiger partial charge in [-0.1, -0.05) is 30.3 Å². The van der Waals surface area contributed by atoms with Gasteiger partial charge in [-0.2, -0.15) is 0 Å². The van der Waals surface area contributed by atoms with E-state index in [0.717, 1.165) is 39.9 Å². The number of rotatable bonds is 16. The van der Waals surface area contributed by atoms with Gasteiger partial charge in [-0.3, -0.25) is 28.7 Å². The minimum absolute atomic E-state index is 0.0252. The van der Waals surface area contributed by atoms with Gasteiger partial charge in [-0.25, -0.2) is 18.8 Å². The molecule has 2 aromatic carbocycles. The first-order valence-electron chi connectivity index (χ1n) is 18.4. The van der Waals surface area contributed by atoms with Gasteiger partial charge in [0, 0.05) is 62.2 Å². The molecule has 1 fully saturated rings. The number of fused-ring (bicyclic) bond motifs is 1. The van der Waals surface area contributed by atoms with E-state index in [0.29, 0.717) is 11.1 Å². The lowest BCUT2D eigenvalue weighted by atomic mass is 10.0. The number of benzene rings is 2. The third-order valence-electron chi connectivity index (χ3n) is 9.88. The number of nitrogens with one attached hydrogen (secondary N) is 6. The molecule has 310 valence electrons. The number of H-pyrrole nitrogens is 2. The predicted octanol–water partition coefficient (Wildman–Crippen LogP) is -0.793. The van der Waals surface area contributed by atoms with Crippen LogP contribution in [0.3, 0.4) is 0 Å². The number of carboxylic acids is 1. The molecule has 5 rings (SSSR count). The average Bonchev–Trinajstić information content (AvgIpc) is 3.77. The van der Waals surface area contributed by atoms with Gasteiger partial charge in [0.05, 0.1) is 18.2 Å². The molecule has 1 aliphatic heterocycles. The van der Waals surface area contributed by atoms with E-state index in [9.17, 15) is 48.2 Å². The average molecular weight is 808 g/mol. The molecule has 19 nitrogen and oxygen atoms in total. The smallest absolute Gasteiger partial charge is 0.330 e. The molecule has 58 heavy (non-hydrogen) atoms. The van der Waals surface area contributed by atoms with Crippen LogP contribution in [0.4, 0.5) is 9.18 Å². The Bertz CT molecular complexity index is 2240. The van der Waals surface area contributed by atoms with Crippen LogP contribution < -0.4 is 38.2 Å². The maximum atomic E-state index is 14.1. The lowest BCUT2D eigenvalue weighted by molar-refractivity contribution is -0.139. The topological polar surface area (TPSA) is 283 Å². The minimum Gasteiger partial charge on any atom is -0.480 e. The zero-order chi connectivity index (χ0) is 42.3. The normalized spacial score (nSPS) is 19.0. The number of carbonyl (C=O) groups excluding carboxylic acids is 4. The van der Waals surface area contributed by atoms with E-state index in [1.54, 1.807) is 18.3 Å². The molecule has 10 N–H and O–H groups in total. The molecule has 8 atom stereocenters. The van der Waals surface area contributed by atoms with Crippen molar-refractivity contribution in [3.8, 4) is 0 Å². The van der Waals surface area contributed by atoms with Crippen LogP contribution in [0.1, 0.15) is 37.6 Å².